The summed E-state index contributed by atoms with van der Waals surface area (Å²) in [6, 6.07) is 12.0. The van der Waals surface area contributed by atoms with E-state index in [4.69, 9.17) is 9.47 Å². The van der Waals surface area contributed by atoms with Gasteiger partial charge in [0.05, 0.1) is 24.8 Å². The van der Waals surface area contributed by atoms with E-state index < -0.39 is 23.6 Å². The lowest BCUT2D eigenvalue weighted by atomic mass is 9.72. The number of amides is 3. The zero-order valence-corrected chi connectivity index (χ0v) is 24.8. The second-order valence-corrected chi connectivity index (χ2v) is 11.1. The Balaban J connectivity index is 1.62. The fourth-order valence-corrected chi connectivity index (χ4v) is 5.97. The second-order valence-electron chi connectivity index (χ2n) is 11.1. The van der Waals surface area contributed by atoms with Crippen molar-refractivity contribution in [2.24, 2.45) is 5.41 Å². The summed E-state index contributed by atoms with van der Waals surface area (Å²) in [4.78, 5) is 42.6. The highest BCUT2D eigenvalue weighted by molar-refractivity contribution is 6.03. The van der Waals surface area contributed by atoms with Gasteiger partial charge < -0.3 is 19.9 Å². The second kappa shape index (κ2) is 13.0. The van der Waals surface area contributed by atoms with Crippen LogP contribution in [0.2, 0.25) is 0 Å². The molecule has 0 radical (unpaired) electrons. The number of carbonyl (C=O) groups excluding carboxylic acids is 2. The van der Waals surface area contributed by atoms with Crippen molar-refractivity contribution < 1.29 is 29.0 Å². The molecule has 2 aliphatic rings. The third-order valence-electron chi connectivity index (χ3n) is 8.73. The number of rotatable bonds is 11. The predicted octanol–water partition coefficient (Wildman–Crippen LogP) is 5.69. The molecule has 0 aliphatic carbocycles. The van der Waals surface area contributed by atoms with Gasteiger partial charge in [0.25, 0.3) is 0 Å². The monoisotopic (exact) mass is 565 g/mol. The molecule has 3 amide bonds. The molecule has 0 saturated carbocycles. The number of morpholine rings is 1. The topological polar surface area (TPSA) is 108 Å². The Bertz CT molecular complexity index is 1240. The van der Waals surface area contributed by atoms with Crippen LogP contribution >= 0.6 is 0 Å². The molecule has 0 spiro atoms. The Morgan fingerprint density at radius 1 is 1.10 bits per heavy atom. The number of carboxylic acids is 1. The van der Waals surface area contributed by atoms with Crippen molar-refractivity contribution >= 4 is 17.9 Å². The number of hydrogen-bond donors (Lipinski definition) is 2. The van der Waals surface area contributed by atoms with Gasteiger partial charge in [-0.25, -0.2) is 14.5 Å². The van der Waals surface area contributed by atoms with Crippen molar-refractivity contribution in [3.8, 4) is 5.75 Å². The molecule has 0 aromatic heterocycles. The van der Waals surface area contributed by atoms with Crippen molar-refractivity contribution in [2.45, 2.75) is 78.6 Å². The zero-order chi connectivity index (χ0) is 29.7. The Labute approximate surface area is 242 Å². The first-order valence-electron chi connectivity index (χ1n) is 14.7. The summed E-state index contributed by atoms with van der Waals surface area (Å²) in [6.07, 6.45) is 1.80. The molecule has 0 bridgehead atoms. The minimum atomic E-state index is -1.01. The van der Waals surface area contributed by atoms with Gasteiger partial charge in [0.2, 0.25) is 5.91 Å². The minimum Gasteiger partial charge on any atom is -0.478 e. The van der Waals surface area contributed by atoms with Crippen LogP contribution in [0.1, 0.15) is 92.5 Å². The lowest BCUT2D eigenvalue weighted by molar-refractivity contribution is -0.191. The Morgan fingerprint density at radius 3 is 2.34 bits per heavy atom. The maximum absolute atomic E-state index is 13.6. The number of aromatic carboxylic acids is 1. The highest BCUT2D eigenvalue weighted by Gasteiger charge is 2.63. The van der Waals surface area contributed by atoms with E-state index in [1.165, 1.54) is 4.90 Å². The Kier molecular flexibility index (Phi) is 9.71. The number of carboxylic acid groups (broad SMARTS) is 1. The van der Waals surface area contributed by atoms with E-state index in [1.807, 2.05) is 52.0 Å². The van der Waals surface area contributed by atoms with E-state index in [0.717, 1.165) is 24.0 Å². The number of benzene rings is 2. The molecule has 222 valence electrons. The van der Waals surface area contributed by atoms with E-state index in [2.05, 4.69) is 17.1 Å². The Morgan fingerprint density at radius 2 is 1.76 bits per heavy atom. The molecule has 41 heavy (non-hydrogen) atoms. The fraction of sp³-hybridized carbons (Fsp3) is 0.531. The molecular formula is C32H43N3O6. The molecule has 2 aliphatic heterocycles. The molecule has 2 aromatic rings. The minimum absolute atomic E-state index is 0.178. The maximum Gasteiger partial charge on any atom is 0.336 e. The number of urea groups is 1. The normalized spacial score (nSPS) is 20.2. The molecule has 1 unspecified atom stereocenters. The number of aryl methyl sites for hydroxylation is 1. The summed E-state index contributed by atoms with van der Waals surface area (Å²) >= 11 is 0. The lowest BCUT2D eigenvalue weighted by Crippen LogP contribution is -2.73. The summed E-state index contributed by atoms with van der Waals surface area (Å²) in [7, 11) is 0. The van der Waals surface area contributed by atoms with Crippen molar-refractivity contribution in [1.29, 1.82) is 0 Å². The molecule has 4 rings (SSSR count). The standard InChI is InChI=1S/C32H43N3O6/c1-6-9-27(23-12-10-21(4)11-13-23)33-31(39)35-29(38)32(7-2,8-3)30(35)41-24-14-15-25(28(36)37)26(20-24)22(5)34-16-18-40-19-17-34/h10-15,20,22,27,30H,6-9,16-19H2,1-5H3,(H,33,39)(H,36,37)/t22-,27?,30+/m1/s1. The first kappa shape index (κ1) is 30.5. The fourth-order valence-electron chi connectivity index (χ4n) is 5.97. The van der Waals surface area contributed by atoms with Crippen molar-refractivity contribution in [2.75, 3.05) is 26.3 Å². The van der Waals surface area contributed by atoms with Crippen LogP contribution in [0.4, 0.5) is 4.79 Å². The molecule has 2 aromatic carbocycles. The molecular weight excluding hydrogens is 522 g/mol. The van der Waals surface area contributed by atoms with E-state index in [9.17, 15) is 19.5 Å². The van der Waals surface area contributed by atoms with Gasteiger partial charge in [-0.15, -0.1) is 0 Å². The average Bonchev–Trinajstić information content (AvgIpc) is 2.98. The number of nitrogens with one attached hydrogen (secondary N) is 1. The van der Waals surface area contributed by atoms with Gasteiger partial charge in [0.15, 0.2) is 6.23 Å². The predicted molar refractivity (Wildman–Crippen MR) is 156 cm³/mol. The number of hydrogen-bond acceptors (Lipinski definition) is 6. The summed E-state index contributed by atoms with van der Waals surface area (Å²) in [5, 5.41) is 13.0. The van der Waals surface area contributed by atoms with Crippen LogP contribution < -0.4 is 10.1 Å². The van der Waals surface area contributed by atoms with Gasteiger partial charge in [0, 0.05) is 19.1 Å². The number of β-lactam (4-membered cyclic amide) rings is 1. The van der Waals surface area contributed by atoms with Gasteiger partial charge in [-0.2, -0.15) is 0 Å². The van der Waals surface area contributed by atoms with Crippen LogP contribution in [-0.4, -0.2) is 65.3 Å². The molecule has 2 N–H and O–H groups in total. The SMILES string of the molecule is CCCC(NC(=O)N1C(=O)C(CC)(CC)[C@@H]1Oc1ccc(C(=O)O)c([C@@H](C)N2CCOCC2)c1)c1ccc(C)cc1. The molecule has 3 atom stereocenters. The van der Waals surface area contributed by atoms with E-state index in [-0.39, 0.29) is 23.6 Å². The van der Waals surface area contributed by atoms with Crippen molar-refractivity contribution in [3.05, 3.63) is 64.7 Å². The van der Waals surface area contributed by atoms with Crippen molar-refractivity contribution in [3.63, 3.8) is 0 Å². The largest absolute Gasteiger partial charge is 0.478 e. The first-order valence-corrected chi connectivity index (χ1v) is 14.7. The number of likely N-dealkylation sites (tertiary alicyclic amines) is 1. The van der Waals surface area contributed by atoms with Crippen molar-refractivity contribution in [1.82, 2.24) is 15.1 Å². The van der Waals surface area contributed by atoms with Gasteiger partial charge in [-0.3, -0.25) is 9.69 Å². The van der Waals surface area contributed by atoms with Crippen LogP contribution in [0.25, 0.3) is 0 Å². The Hall–Kier alpha value is -3.43. The van der Waals surface area contributed by atoms with Crippen LogP contribution in [0.15, 0.2) is 42.5 Å². The van der Waals surface area contributed by atoms with Gasteiger partial charge in [0.1, 0.15) is 11.2 Å². The molecule has 9 nitrogen and oxygen atoms in total. The highest BCUT2D eigenvalue weighted by atomic mass is 16.5. The third kappa shape index (κ3) is 6.11. The molecule has 2 saturated heterocycles. The quantitative estimate of drug-likeness (QED) is 0.337. The molecule has 2 fully saturated rings. The van der Waals surface area contributed by atoms with Crippen LogP contribution in [-0.2, 0) is 9.53 Å². The van der Waals surface area contributed by atoms with Gasteiger partial charge in [-0.1, -0.05) is 57.0 Å². The average molecular weight is 566 g/mol. The summed E-state index contributed by atoms with van der Waals surface area (Å²) < 4.78 is 11.9. The lowest BCUT2D eigenvalue weighted by Gasteiger charge is -2.53. The van der Waals surface area contributed by atoms with Gasteiger partial charge in [-0.05, 0) is 62.4 Å². The number of imide groups is 1. The van der Waals surface area contributed by atoms with E-state index in [1.54, 1.807) is 18.2 Å². The summed E-state index contributed by atoms with van der Waals surface area (Å²) in [5.74, 6) is -0.843. The van der Waals surface area contributed by atoms with E-state index in [0.29, 0.717) is 50.5 Å². The highest BCUT2D eigenvalue weighted by Crippen LogP contribution is 2.46. The van der Waals surface area contributed by atoms with Crippen LogP contribution in [0.3, 0.4) is 0 Å². The first-order chi connectivity index (χ1) is 19.7. The molecule has 2 heterocycles. The number of nitrogens with zero attached hydrogens (tertiary/aromatic N) is 2. The third-order valence-corrected chi connectivity index (χ3v) is 8.73. The number of carbonyl (C=O) groups is 3. The van der Waals surface area contributed by atoms with E-state index >= 15 is 0 Å². The smallest absolute Gasteiger partial charge is 0.336 e. The maximum atomic E-state index is 13.6. The van der Waals surface area contributed by atoms with Gasteiger partial charge >= 0.3 is 12.0 Å². The van der Waals surface area contributed by atoms with Crippen LogP contribution in [0.5, 0.6) is 5.75 Å². The van der Waals surface area contributed by atoms with Crippen LogP contribution in [0, 0.1) is 12.3 Å². The number of ether oxygens (including phenoxy) is 2. The summed E-state index contributed by atoms with van der Waals surface area (Å²) in [6.45, 7) is 12.5. The molecule has 9 heteroatoms. The zero-order valence-electron chi connectivity index (χ0n) is 24.8. The summed E-state index contributed by atoms with van der Waals surface area (Å²) in [5.41, 5.74) is 2.10.